The number of aliphatic carboxylic acids is 1. The van der Waals surface area contributed by atoms with Gasteiger partial charge in [-0.05, 0) is 32.6 Å². The van der Waals surface area contributed by atoms with Gasteiger partial charge < -0.3 is 5.11 Å². The number of carboxylic acids is 1. The highest BCUT2D eigenvalue weighted by Crippen LogP contribution is 2.18. The van der Waals surface area contributed by atoms with Crippen molar-refractivity contribution in [3.8, 4) is 0 Å². The van der Waals surface area contributed by atoms with Gasteiger partial charge in [-0.3, -0.25) is 4.79 Å². The highest BCUT2D eigenvalue weighted by molar-refractivity contribution is 5.74. The molecule has 5 heteroatoms. The lowest BCUT2D eigenvalue weighted by molar-refractivity contribution is -0.138. The molecule has 0 amide bonds. The van der Waals surface area contributed by atoms with Gasteiger partial charge in [-0.15, -0.1) is 5.10 Å². The zero-order valence-electron chi connectivity index (χ0n) is 9.31. The minimum Gasteiger partial charge on any atom is -0.481 e. The third-order valence-electron chi connectivity index (χ3n) is 2.94. The fraction of sp³-hybridized carbons (Fsp3) is 0.636. The molecule has 16 heavy (non-hydrogen) atoms. The molecule has 1 aliphatic carbocycles. The average Bonchev–Trinajstić information content (AvgIpc) is 2.51. The Kier molecular flexibility index (Phi) is 3.12. The molecule has 1 atom stereocenters. The Morgan fingerprint density at radius 1 is 1.19 bits per heavy atom. The molecule has 2 rings (SSSR count). The maximum atomic E-state index is 10.8. The molecule has 1 aromatic rings. The van der Waals surface area contributed by atoms with Crippen molar-refractivity contribution in [2.75, 3.05) is 0 Å². The first-order valence-corrected chi connectivity index (χ1v) is 5.63. The summed E-state index contributed by atoms with van der Waals surface area (Å²) in [6.07, 6.45) is 5.22. The summed E-state index contributed by atoms with van der Waals surface area (Å²) in [5.41, 5.74) is 1.88. The molecular formula is C11H15N3O2. The molecule has 0 fully saturated rings. The SMILES string of the molecule is CC(C(=O)O)c1nnc2c(n1)CCCCC2. The average molecular weight is 221 g/mol. The first kappa shape index (κ1) is 11.0. The number of rotatable bonds is 2. The van der Waals surface area contributed by atoms with E-state index in [0.717, 1.165) is 37.1 Å². The van der Waals surface area contributed by atoms with E-state index in [-0.39, 0.29) is 0 Å². The van der Waals surface area contributed by atoms with Crippen LogP contribution in [-0.2, 0) is 17.6 Å². The summed E-state index contributed by atoms with van der Waals surface area (Å²) in [4.78, 5) is 15.2. The molecule has 0 bridgehead atoms. The second kappa shape index (κ2) is 4.55. The van der Waals surface area contributed by atoms with Gasteiger partial charge in [-0.1, -0.05) is 6.42 Å². The number of aromatic nitrogens is 3. The lowest BCUT2D eigenvalue weighted by Crippen LogP contribution is -2.15. The fourth-order valence-electron chi connectivity index (χ4n) is 1.84. The van der Waals surface area contributed by atoms with Crippen molar-refractivity contribution in [3.05, 3.63) is 17.2 Å². The third kappa shape index (κ3) is 2.18. The summed E-state index contributed by atoms with van der Waals surface area (Å²) in [5.74, 6) is -1.26. The molecule has 1 aliphatic rings. The van der Waals surface area contributed by atoms with Gasteiger partial charge >= 0.3 is 5.97 Å². The quantitative estimate of drug-likeness (QED) is 0.762. The summed E-state index contributed by atoms with van der Waals surface area (Å²) in [7, 11) is 0. The minimum atomic E-state index is -0.907. The van der Waals surface area contributed by atoms with Gasteiger partial charge in [0.1, 0.15) is 5.92 Å². The largest absolute Gasteiger partial charge is 0.481 e. The zero-order valence-corrected chi connectivity index (χ0v) is 9.31. The van der Waals surface area contributed by atoms with Crippen LogP contribution in [0.25, 0.3) is 0 Å². The van der Waals surface area contributed by atoms with Crippen LogP contribution in [0.3, 0.4) is 0 Å². The van der Waals surface area contributed by atoms with Crippen LogP contribution in [0.4, 0.5) is 0 Å². The van der Waals surface area contributed by atoms with Gasteiger partial charge in [0.15, 0.2) is 5.82 Å². The molecule has 1 aromatic heterocycles. The Hall–Kier alpha value is -1.52. The topological polar surface area (TPSA) is 76.0 Å². The van der Waals surface area contributed by atoms with E-state index in [4.69, 9.17) is 5.11 Å². The molecular weight excluding hydrogens is 206 g/mol. The summed E-state index contributed by atoms with van der Waals surface area (Å²) in [5, 5.41) is 16.9. The Balaban J connectivity index is 2.30. The zero-order chi connectivity index (χ0) is 11.5. The maximum Gasteiger partial charge on any atom is 0.314 e. The smallest absolute Gasteiger partial charge is 0.314 e. The number of nitrogens with zero attached hydrogens (tertiary/aromatic N) is 3. The summed E-state index contributed by atoms with van der Waals surface area (Å²) in [6, 6.07) is 0. The van der Waals surface area contributed by atoms with Gasteiger partial charge in [0, 0.05) is 0 Å². The van der Waals surface area contributed by atoms with Gasteiger partial charge in [0.2, 0.25) is 0 Å². The number of carboxylic acid groups (broad SMARTS) is 1. The Morgan fingerprint density at radius 2 is 1.88 bits per heavy atom. The normalized spacial score (nSPS) is 17.3. The van der Waals surface area contributed by atoms with Gasteiger partial charge in [-0.25, -0.2) is 4.98 Å². The number of hydrogen-bond donors (Lipinski definition) is 1. The molecule has 86 valence electrons. The van der Waals surface area contributed by atoms with Gasteiger partial charge in [0.05, 0.1) is 11.4 Å². The number of aryl methyl sites for hydroxylation is 2. The summed E-state index contributed by atoms with van der Waals surface area (Å²) < 4.78 is 0. The predicted octanol–water partition coefficient (Wildman–Crippen LogP) is 1.33. The van der Waals surface area contributed by atoms with Crippen molar-refractivity contribution in [1.29, 1.82) is 0 Å². The van der Waals surface area contributed by atoms with Crippen LogP contribution in [0.1, 0.15) is 49.3 Å². The lowest BCUT2D eigenvalue weighted by Gasteiger charge is -2.07. The molecule has 1 N–H and O–H groups in total. The molecule has 1 heterocycles. The molecule has 0 saturated heterocycles. The van der Waals surface area contributed by atoms with Crippen molar-refractivity contribution < 1.29 is 9.90 Å². The number of hydrogen-bond acceptors (Lipinski definition) is 4. The maximum absolute atomic E-state index is 10.8. The molecule has 0 radical (unpaired) electrons. The highest BCUT2D eigenvalue weighted by Gasteiger charge is 2.20. The van der Waals surface area contributed by atoms with E-state index in [9.17, 15) is 4.79 Å². The van der Waals surface area contributed by atoms with E-state index >= 15 is 0 Å². The van der Waals surface area contributed by atoms with E-state index < -0.39 is 11.9 Å². The molecule has 0 aromatic carbocycles. The molecule has 0 aliphatic heterocycles. The van der Waals surface area contributed by atoms with Gasteiger partial charge in [0.25, 0.3) is 0 Å². The fourth-order valence-corrected chi connectivity index (χ4v) is 1.84. The second-order valence-corrected chi connectivity index (χ2v) is 4.18. The first-order chi connectivity index (χ1) is 7.68. The highest BCUT2D eigenvalue weighted by atomic mass is 16.4. The van der Waals surface area contributed by atoms with Crippen LogP contribution in [0.2, 0.25) is 0 Å². The number of carbonyl (C=O) groups is 1. The van der Waals surface area contributed by atoms with Crippen molar-refractivity contribution in [2.24, 2.45) is 0 Å². The van der Waals surface area contributed by atoms with Crippen LogP contribution in [0.5, 0.6) is 0 Å². The lowest BCUT2D eigenvalue weighted by atomic mass is 10.1. The molecule has 5 nitrogen and oxygen atoms in total. The Labute approximate surface area is 93.9 Å². The summed E-state index contributed by atoms with van der Waals surface area (Å²) >= 11 is 0. The van der Waals surface area contributed by atoms with Crippen molar-refractivity contribution in [2.45, 2.75) is 44.9 Å². The van der Waals surface area contributed by atoms with Crippen molar-refractivity contribution in [3.63, 3.8) is 0 Å². The van der Waals surface area contributed by atoms with Crippen LogP contribution in [0, 0.1) is 0 Å². The van der Waals surface area contributed by atoms with Gasteiger partial charge in [-0.2, -0.15) is 5.10 Å². The first-order valence-electron chi connectivity index (χ1n) is 5.63. The van der Waals surface area contributed by atoms with E-state index in [1.165, 1.54) is 6.42 Å². The summed E-state index contributed by atoms with van der Waals surface area (Å²) in [6.45, 7) is 1.59. The monoisotopic (exact) mass is 221 g/mol. The second-order valence-electron chi connectivity index (χ2n) is 4.18. The van der Waals surface area contributed by atoms with E-state index in [0.29, 0.717) is 5.82 Å². The Bertz CT molecular complexity index is 406. The van der Waals surface area contributed by atoms with Crippen LogP contribution >= 0.6 is 0 Å². The van der Waals surface area contributed by atoms with Crippen LogP contribution in [0.15, 0.2) is 0 Å². The third-order valence-corrected chi connectivity index (χ3v) is 2.94. The molecule has 1 unspecified atom stereocenters. The van der Waals surface area contributed by atoms with E-state index in [1.807, 2.05) is 0 Å². The standard InChI is InChI=1S/C11H15N3O2/c1-7(11(15)16)10-12-8-5-3-2-4-6-9(8)13-14-10/h7H,2-6H2,1H3,(H,15,16). The van der Waals surface area contributed by atoms with Crippen LogP contribution < -0.4 is 0 Å². The molecule has 0 saturated carbocycles. The van der Waals surface area contributed by atoms with Crippen molar-refractivity contribution in [1.82, 2.24) is 15.2 Å². The number of fused-ring (bicyclic) bond motifs is 1. The van der Waals surface area contributed by atoms with E-state index in [2.05, 4.69) is 15.2 Å². The minimum absolute atomic E-state index is 0.327. The van der Waals surface area contributed by atoms with Crippen molar-refractivity contribution >= 4 is 5.97 Å². The van der Waals surface area contributed by atoms with E-state index in [1.54, 1.807) is 6.92 Å². The predicted molar refractivity (Wildman–Crippen MR) is 57.1 cm³/mol. The van der Waals surface area contributed by atoms with Crippen LogP contribution in [-0.4, -0.2) is 26.3 Å². The molecule has 0 spiro atoms. The Morgan fingerprint density at radius 3 is 2.56 bits per heavy atom.